The number of nitrogens with zero attached hydrogens (tertiary/aromatic N) is 2. The Morgan fingerprint density at radius 3 is 2.79 bits per heavy atom. The zero-order valence-electron chi connectivity index (χ0n) is 7.77. The van der Waals surface area contributed by atoms with Crippen LogP contribution in [0.1, 0.15) is 10.1 Å². The minimum absolute atomic E-state index is 0.168. The van der Waals surface area contributed by atoms with Crippen molar-refractivity contribution < 1.29 is 4.92 Å². The van der Waals surface area contributed by atoms with Crippen molar-refractivity contribution in [2.45, 2.75) is 13.8 Å². The summed E-state index contributed by atoms with van der Waals surface area (Å²) in [5.41, 5.74) is 1.43. The van der Waals surface area contributed by atoms with Crippen molar-refractivity contribution in [3.63, 3.8) is 0 Å². The van der Waals surface area contributed by atoms with Crippen LogP contribution in [0.15, 0.2) is 12.1 Å². The van der Waals surface area contributed by atoms with Gasteiger partial charge in [-0.2, -0.15) is 0 Å². The average Bonchev–Trinajstić information content (AvgIpc) is 2.43. The van der Waals surface area contributed by atoms with Crippen LogP contribution in [0.2, 0.25) is 0 Å². The summed E-state index contributed by atoms with van der Waals surface area (Å²) in [7, 11) is 0. The van der Waals surface area contributed by atoms with Gasteiger partial charge in [-0.05, 0) is 0 Å². The topological polar surface area (TPSA) is 56.0 Å². The number of nitro benzene ring substituents is 1. The molecule has 1 aromatic heterocycles. The first-order valence-electron chi connectivity index (χ1n) is 4.10. The van der Waals surface area contributed by atoms with E-state index in [0.29, 0.717) is 11.1 Å². The Morgan fingerprint density at radius 1 is 1.43 bits per heavy atom. The fraction of sp³-hybridized carbons (Fsp3) is 0.222. The molecule has 5 heteroatoms. The van der Waals surface area contributed by atoms with Crippen LogP contribution in [0, 0.1) is 24.0 Å². The fourth-order valence-corrected chi connectivity index (χ4v) is 3.16. The Hall–Kier alpha value is -1.19. The van der Waals surface area contributed by atoms with E-state index in [9.17, 15) is 10.1 Å². The van der Waals surface area contributed by atoms with Gasteiger partial charge in [0, 0.05) is 0 Å². The molecular weight excluding hydrogens is 247 g/mol. The molecular formula is C9H8N2O2Se. The second-order valence-corrected chi connectivity index (χ2v) is 5.66. The number of hydrogen-bond donors (Lipinski definition) is 0. The number of aryl methyl sites for hydroxylation is 2. The molecule has 0 unspecified atom stereocenters. The van der Waals surface area contributed by atoms with E-state index >= 15 is 0 Å². The molecule has 72 valence electrons. The Bertz CT molecular complexity index is 519. The van der Waals surface area contributed by atoms with Crippen LogP contribution in [0.4, 0.5) is 5.69 Å². The van der Waals surface area contributed by atoms with Gasteiger partial charge in [0.15, 0.2) is 0 Å². The molecule has 14 heavy (non-hydrogen) atoms. The maximum absolute atomic E-state index is 10.8. The molecule has 0 saturated carbocycles. The summed E-state index contributed by atoms with van der Waals surface area (Å²) in [5, 5.41) is 10.8. The third-order valence-electron chi connectivity index (χ3n) is 2.03. The van der Waals surface area contributed by atoms with Gasteiger partial charge >= 0.3 is 86.1 Å². The van der Waals surface area contributed by atoms with Crippen LogP contribution in [0.25, 0.3) is 9.78 Å². The van der Waals surface area contributed by atoms with Crippen LogP contribution < -0.4 is 0 Å². The number of fused-ring (bicyclic) bond motifs is 1. The molecule has 0 aliphatic carbocycles. The predicted octanol–water partition coefficient (Wildman–Crippen LogP) is 1.82. The number of benzene rings is 1. The Labute approximate surface area is 86.5 Å². The first kappa shape index (κ1) is 9.37. The van der Waals surface area contributed by atoms with Crippen LogP contribution in [-0.2, 0) is 0 Å². The standard InChI is InChI=1S/C9H8N2O2Se/c1-5-3-4-7-8(9(5)11(12)13)10-6(2)14-7/h3-4H,1-2H3. The fourth-order valence-electron chi connectivity index (χ4n) is 1.42. The Balaban J connectivity index is 2.88. The van der Waals surface area contributed by atoms with Crippen molar-refractivity contribution in [2.75, 3.05) is 0 Å². The molecule has 0 aliphatic heterocycles. The summed E-state index contributed by atoms with van der Waals surface area (Å²) in [4.78, 5) is 14.7. The van der Waals surface area contributed by atoms with Crippen molar-refractivity contribution in [1.82, 2.24) is 4.98 Å². The monoisotopic (exact) mass is 256 g/mol. The molecule has 0 N–H and O–H groups in total. The molecule has 0 radical (unpaired) electrons. The van der Waals surface area contributed by atoms with Crippen LogP contribution >= 0.6 is 0 Å². The quantitative estimate of drug-likeness (QED) is 0.443. The van der Waals surface area contributed by atoms with Gasteiger partial charge in [0.1, 0.15) is 0 Å². The Morgan fingerprint density at radius 2 is 2.14 bits per heavy atom. The van der Waals surface area contributed by atoms with Gasteiger partial charge in [-0.3, -0.25) is 0 Å². The average molecular weight is 255 g/mol. The predicted molar refractivity (Wildman–Crippen MR) is 54.8 cm³/mol. The summed E-state index contributed by atoms with van der Waals surface area (Å²) in [5.74, 6) is 0. The second-order valence-electron chi connectivity index (χ2n) is 3.07. The molecule has 0 atom stereocenters. The summed E-state index contributed by atoms with van der Waals surface area (Å²) in [6.45, 7) is 3.66. The zero-order valence-corrected chi connectivity index (χ0v) is 9.49. The van der Waals surface area contributed by atoms with Crippen molar-refractivity contribution in [3.05, 3.63) is 32.4 Å². The number of hydrogen-bond acceptors (Lipinski definition) is 3. The molecule has 4 nitrogen and oxygen atoms in total. The number of nitro groups is 1. The summed E-state index contributed by atoms with van der Waals surface area (Å²) < 4.78 is 2.02. The van der Waals surface area contributed by atoms with Crippen molar-refractivity contribution in [2.24, 2.45) is 0 Å². The van der Waals surface area contributed by atoms with Crippen LogP contribution in [0.3, 0.4) is 0 Å². The van der Waals surface area contributed by atoms with Crippen molar-refractivity contribution in [3.8, 4) is 0 Å². The minimum atomic E-state index is -0.341. The SMILES string of the molecule is Cc1nc2c([N+](=O)[O-])c(C)ccc2[se]1. The van der Waals surface area contributed by atoms with Gasteiger partial charge in [0.25, 0.3) is 0 Å². The van der Waals surface area contributed by atoms with Gasteiger partial charge in [-0.15, -0.1) is 0 Å². The third kappa shape index (κ3) is 1.34. The normalized spacial score (nSPS) is 10.7. The molecule has 0 bridgehead atoms. The van der Waals surface area contributed by atoms with Crippen molar-refractivity contribution >= 4 is 30.0 Å². The van der Waals surface area contributed by atoms with Gasteiger partial charge in [-0.25, -0.2) is 0 Å². The Kier molecular flexibility index (Phi) is 2.13. The van der Waals surface area contributed by atoms with E-state index in [1.54, 1.807) is 13.0 Å². The maximum atomic E-state index is 10.8. The summed E-state index contributed by atoms with van der Waals surface area (Å²) in [6, 6.07) is 3.74. The van der Waals surface area contributed by atoms with Gasteiger partial charge in [-0.1, -0.05) is 0 Å². The first-order valence-corrected chi connectivity index (χ1v) is 5.82. The molecule has 0 fully saturated rings. The van der Waals surface area contributed by atoms with E-state index in [1.165, 1.54) is 0 Å². The summed E-state index contributed by atoms with van der Waals surface area (Å²) >= 11 is 0.174. The molecule has 2 aromatic rings. The van der Waals surface area contributed by atoms with Gasteiger partial charge < -0.3 is 0 Å². The van der Waals surface area contributed by atoms with Crippen molar-refractivity contribution in [1.29, 1.82) is 0 Å². The van der Waals surface area contributed by atoms with E-state index in [4.69, 9.17) is 0 Å². The second kappa shape index (κ2) is 3.19. The van der Waals surface area contributed by atoms with Crippen LogP contribution in [-0.4, -0.2) is 24.4 Å². The van der Waals surface area contributed by atoms with Crippen LogP contribution in [0.5, 0.6) is 0 Å². The molecule has 1 heterocycles. The third-order valence-corrected chi connectivity index (χ3v) is 3.99. The summed E-state index contributed by atoms with van der Waals surface area (Å²) in [6.07, 6.45) is 0. The van der Waals surface area contributed by atoms with E-state index < -0.39 is 0 Å². The molecule has 1 aromatic carbocycles. The molecule has 0 aliphatic rings. The first-order chi connectivity index (χ1) is 6.59. The molecule has 0 amide bonds. The number of rotatable bonds is 1. The van der Waals surface area contributed by atoms with E-state index in [-0.39, 0.29) is 25.1 Å². The molecule has 0 saturated heterocycles. The molecule has 0 spiro atoms. The van der Waals surface area contributed by atoms with E-state index in [2.05, 4.69) is 4.98 Å². The number of aromatic nitrogens is 1. The zero-order chi connectivity index (χ0) is 10.3. The van der Waals surface area contributed by atoms with E-state index in [1.807, 2.05) is 13.0 Å². The van der Waals surface area contributed by atoms with Gasteiger partial charge in [0.05, 0.1) is 0 Å². The van der Waals surface area contributed by atoms with E-state index in [0.717, 1.165) is 8.83 Å². The van der Waals surface area contributed by atoms with Gasteiger partial charge in [0.2, 0.25) is 0 Å². The molecule has 2 rings (SSSR count).